The van der Waals surface area contributed by atoms with Gasteiger partial charge >= 0.3 is 0 Å². The van der Waals surface area contributed by atoms with Crippen molar-refractivity contribution in [3.8, 4) is 5.75 Å². The van der Waals surface area contributed by atoms with Crippen LogP contribution in [0.2, 0.25) is 0 Å². The number of benzene rings is 1. The predicted octanol–water partition coefficient (Wildman–Crippen LogP) is 2.66. The summed E-state index contributed by atoms with van der Waals surface area (Å²) in [4.78, 5) is 9.10. The molecule has 1 fully saturated rings. The fourth-order valence-electron chi connectivity index (χ4n) is 3.11. The Morgan fingerprint density at radius 3 is 2.64 bits per heavy atom. The SMILES string of the molecule is CCc1noc([C@H](C)N2CCN(Cc3ccc(OC)c(F)c3)CC2)n1. The summed E-state index contributed by atoms with van der Waals surface area (Å²) < 4.78 is 24.1. The van der Waals surface area contributed by atoms with E-state index in [0.29, 0.717) is 5.89 Å². The predicted molar refractivity (Wildman–Crippen MR) is 91.9 cm³/mol. The summed E-state index contributed by atoms with van der Waals surface area (Å²) in [5, 5.41) is 3.97. The third kappa shape index (κ3) is 4.16. The lowest BCUT2D eigenvalue weighted by Gasteiger charge is -2.36. The monoisotopic (exact) mass is 348 g/mol. The van der Waals surface area contributed by atoms with Crippen LogP contribution in [-0.2, 0) is 13.0 Å². The lowest BCUT2D eigenvalue weighted by molar-refractivity contribution is 0.0844. The summed E-state index contributed by atoms with van der Waals surface area (Å²) in [6, 6.07) is 5.28. The molecule has 3 rings (SSSR count). The van der Waals surface area contributed by atoms with Gasteiger partial charge in [-0.2, -0.15) is 4.98 Å². The van der Waals surface area contributed by atoms with Crippen LogP contribution in [0.15, 0.2) is 22.7 Å². The highest BCUT2D eigenvalue weighted by atomic mass is 19.1. The van der Waals surface area contributed by atoms with Crippen molar-refractivity contribution in [3.63, 3.8) is 0 Å². The molecule has 0 N–H and O–H groups in total. The highest BCUT2D eigenvalue weighted by Gasteiger charge is 2.25. The first-order valence-corrected chi connectivity index (χ1v) is 8.72. The number of methoxy groups -OCH3 is 1. The second kappa shape index (κ2) is 7.93. The van der Waals surface area contributed by atoms with Crippen LogP contribution >= 0.6 is 0 Å². The summed E-state index contributed by atoms with van der Waals surface area (Å²) >= 11 is 0. The zero-order valence-electron chi connectivity index (χ0n) is 15.0. The van der Waals surface area contributed by atoms with Crippen LogP contribution in [0.3, 0.4) is 0 Å². The van der Waals surface area contributed by atoms with E-state index in [-0.39, 0.29) is 17.6 Å². The standard InChI is InChI=1S/C18H25FN4O2/c1-4-17-20-18(25-21-17)13(2)23-9-7-22(8-10-23)12-14-5-6-16(24-3)15(19)11-14/h5-6,11,13H,4,7-10,12H2,1-3H3/t13-/m0/s1. The van der Waals surface area contributed by atoms with Crippen molar-refractivity contribution in [2.45, 2.75) is 32.9 Å². The first-order chi connectivity index (χ1) is 12.1. The van der Waals surface area contributed by atoms with Gasteiger partial charge in [-0.3, -0.25) is 9.80 Å². The lowest BCUT2D eigenvalue weighted by atomic mass is 10.1. The Hall–Kier alpha value is -1.99. The molecule has 7 heteroatoms. The second-order valence-electron chi connectivity index (χ2n) is 6.36. The van der Waals surface area contributed by atoms with Crippen molar-refractivity contribution in [3.05, 3.63) is 41.3 Å². The molecule has 1 aliphatic heterocycles. The molecule has 136 valence electrons. The van der Waals surface area contributed by atoms with Crippen LogP contribution in [0.4, 0.5) is 4.39 Å². The molecule has 1 saturated heterocycles. The minimum Gasteiger partial charge on any atom is -0.494 e. The molecule has 0 amide bonds. The van der Waals surface area contributed by atoms with Gasteiger partial charge in [0.25, 0.3) is 0 Å². The van der Waals surface area contributed by atoms with Crippen molar-refractivity contribution in [1.82, 2.24) is 19.9 Å². The number of rotatable bonds is 6. The van der Waals surface area contributed by atoms with Crippen molar-refractivity contribution >= 4 is 0 Å². The van der Waals surface area contributed by atoms with Crippen LogP contribution < -0.4 is 4.74 Å². The van der Waals surface area contributed by atoms with Crippen molar-refractivity contribution in [2.24, 2.45) is 0 Å². The fraction of sp³-hybridized carbons (Fsp3) is 0.556. The quantitative estimate of drug-likeness (QED) is 0.800. The first kappa shape index (κ1) is 17.8. The minimum atomic E-state index is -0.310. The Balaban J connectivity index is 1.53. The van der Waals surface area contributed by atoms with Gasteiger partial charge in [0.2, 0.25) is 5.89 Å². The number of aryl methyl sites for hydroxylation is 1. The topological polar surface area (TPSA) is 54.6 Å². The molecule has 0 spiro atoms. The smallest absolute Gasteiger partial charge is 0.243 e. The summed E-state index contributed by atoms with van der Waals surface area (Å²) in [7, 11) is 1.48. The molecule has 2 aromatic rings. The van der Waals surface area contributed by atoms with Crippen LogP contribution in [0.1, 0.15) is 37.2 Å². The lowest BCUT2D eigenvalue weighted by Crippen LogP contribution is -2.46. The third-order valence-corrected chi connectivity index (χ3v) is 4.73. The number of halogens is 1. The molecule has 25 heavy (non-hydrogen) atoms. The number of nitrogens with zero attached hydrogens (tertiary/aromatic N) is 4. The molecule has 1 aromatic carbocycles. The van der Waals surface area contributed by atoms with Crippen molar-refractivity contribution < 1.29 is 13.7 Å². The van der Waals surface area contributed by atoms with E-state index in [1.54, 1.807) is 12.1 Å². The van der Waals surface area contributed by atoms with Gasteiger partial charge in [-0.25, -0.2) is 4.39 Å². The van der Waals surface area contributed by atoms with Crippen LogP contribution in [-0.4, -0.2) is 53.2 Å². The van der Waals surface area contributed by atoms with E-state index in [1.807, 2.05) is 13.0 Å². The summed E-state index contributed by atoms with van der Waals surface area (Å²) in [5.41, 5.74) is 0.962. The van der Waals surface area contributed by atoms with Gasteiger partial charge in [0.05, 0.1) is 13.2 Å². The van der Waals surface area contributed by atoms with Gasteiger partial charge < -0.3 is 9.26 Å². The molecule has 2 heterocycles. The highest BCUT2D eigenvalue weighted by Crippen LogP contribution is 2.22. The summed E-state index contributed by atoms with van der Waals surface area (Å²) in [6.45, 7) is 8.54. The van der Waals surface area contributed by atoms with E-state index < -0.39 is 0 Å². The van der Waals surface area contributed by atoms with E-state index in [0.717, 1.165) is 50.5 Å². The van der Waals surface area contributed by atoms with E-state index in [9.17, 15) is 4.39 Å². The van der Waals surface area contributed by atoms with E-state index in [4.69, 9.17) is 9.26 Å². The molecule has 1 aromatic heterocycles. The number of ether oxygens (including phenoxy) is 1. The number of hydrogen-bond acceptors (Lipinski definition) is 6. The minimum absolute atomic E-state index is 0.119. The maximum atomic E-state index is 13.8. The Kier molecular flexibility index (Phi) is 5.65. The van der Waals surface area contributed by atoms with Gasteiger partial charge in [-0.15, -0.1) is 0 Å². The summed E-state index contributed by atoms with van der Waals surface area (Å²) in [6.07, 6.45) is 0.780. The molecule has 1 atom stereocenters. The molecule has 0 bridgehead atoms. The van der Waals surface area contributed by atoms with Gasteiger partial charge in [0.15, 0.2) is 17.4 Å². The van der Waals surface area contributed by atoms with Crippen LogP contribution in [0.5, 0.6) is 5.75 Å². The third-order valence-electron chi connectivity index (χ3n) is 4.73. The van der Waals surface area contributed by atoms with Gasteiger partial charge in [-0.05, 0) is 24.6 Å². The average Bonchev–Trinajstić information content (AvgIpc) is 3.11. The Morgan fingerprint density at radius 2 is 2.04 bits per heavy atom. The molecular formula is C18H25FN4O2. The van der Waals surface area contributed by atoms with E-state index in [1.165, 1.54) is 7.11 Å². The normalized spacial score (nSPS) is 17.6. The molecule has 0 radical (unpaired) electrons. The largest absolute Gasteiger partial charge is 0.494 e. The Morgan fingerprint density at radius 1 is 1.28 bits per heavy atom. The van der Waals surface area contributed by atoms with E-state index in [2.05, 4.69) is 26.9 Å². The molecule has 0 unspecified atom stereocenters. The van der Waals surface area contributed by atoms with Gasteiger partial charge in [0, 0.05) is 39.1 Å². The number of hydrogen-bond donors (Lipinski definition) is 0. The van der Waals surface area contributed by atoms with E-state index >= 15 is 0 Å². The molecule has 1 aliphatic rings. The Bertz CT molecular complexity index is 698. The van der Waals surface area contributed by atoms with Gasteiger partial charge in [0.1, 0.15) is 0 Å². The van der Waals surface area contributed by atoms with Crippen LogP contribution in [0, 0.1) is 5.82 Å². The molecule has 0 aliphatic carbocycles. The fourth-order valence-corrected chi connectivity index (χ4v) is 3.11. The Labute approximate surface area is 147 Å². The van der Waals surface area contributed by atoms with Crippen molar-refractivity contribution in [2.75, 3.05) is 33.3 Å². The second-order valence-corrected chi connectivity index (χ2v) is 6.36. The zero-order chi connectivity index (χ0) is 17.8. The number of aromatic nitrogens is 2. The van der Waals surface area contributed by atoms with Crippen molar-refractivity contribution in [1.29, 1.82) is 0 Å². The molecular weight excluding hydrogens is 323 g/mol. The van der Waals surface area contributed by atoms with Gasteiger partial charge in [-0.1, -0.05) is 18.1 Å². The van der Waals surface area contributed by atoms with Crippen LogP contribution in [0.25, 0.3) is 0 Å². The highest BCUT2D eigenvalue weighted by molar-refractivity contribution is 5.29. The average molecular weight is 348 g/mol. The first-order valence-electron chi connectivity index (χ1n) is 8.72. The molecule has 0 saturated carbocycles. The summed E-state index contributed by atoms with van der Waals surface area (Å²) in [5.74, 6) is 1.41. The zero-order valence-corrected chi connectivity index (χ0v) is 15.0. The maximum Gasteiger partial charge on any atom is 0.243 e. The molecule has 6 nitrogen and oxygen atoms in total. The maximum absolute atomic E-state index is 13.8. The number of piperazine rings is 1.